The minimum absolute atomic E-state index is 0.124. The minimum Gasteiger partial charge on any atom is -0.490 e. The van der Waals surface area contributed by atoms with Crippen LogP contribution in [-0.4, -0.2) is 31.9 Å². The van der Waals surface area contributed by atoms with Gasteiger partial charge in [-0.15, -0.1) is 0 Å². The number of hydrogen-bond acceptors (Lipinski definition) is 5. The molecule has 0 heterocycles. The van der Waals surface area contributed by atoms with Crippen LogP contribution in [-0.2, 0) is 4.79 Å². The Morgan fingerprint density at radius 2 is 1.72 bits per heavy atom. The van der Waals surface area contributed by atoms with Gasteiger partial charge in [-0.25, -0.2) is 5.43 Å². The number of nitrogens with zero attached hydrogens (tertiary/aromatic N) is 1. The van der Waals surface area contributed by atoms with Crippen LogP contribution in [0.5, 0.6) is 11.5 Å². The van der Waals surface area contributed by atoms with Gasteiger partial charge in [-0.1, -0.05) is 36.4 Å². The van der Waals surface area contributed by atoms with Crippen LogP contribution in [0.3, 0.4) is 0 Å². The highest BCUT2D eigenvalue weighted by molar-refractivity contribution is 5.95. The summed E-state index contributed by atoms with van der Waals surface area (Å²) in [5, 5.41) is 9.39. The standard InChI is InChI=1S/C23H25N3O3/c1-3-28-21-13-12-17(14-22(21)29-4-2)15-25-26-23(27)16-24-20-11-7-9-18-8-5-6-10-19(18)20/h5-15,24H,3-4,16H2,1-2H3,(H,26,27). The molecule has 150 valence electrons. The van der Waals surface area contributed by atoms with Gasteiger partial charge in [0.2, 0.25) is 0 Å². The van der Waals surface area contributed by atoms with E-state index in [4.69, 9.17) is 9.47 Å². The second-order valence-electron chi connectivity index (χ2n) is 6.25. The van der Waals surface area contributed by atoms with Gasteiger partial charge in [0.15, 0.2) is 11.5 Å². The van der Waals surface area contributed by atoms with Gasteiger partial charge in [0.25, 0.3) is 5.91 Å². The van der Waals surface area contributed by atoms with Crippen molar-refractivity contribution in [2.45, 2.75) is 13.8 Å². The third-order valence-corrected chi connectivity index (χ3v) is 4.20. The third kappa shape index (κ3) is 5.48. The summed E-state index contributed by atoms with van der Waals surface area (Å²) >= 11 is 0. The molecule has 0 atom stereocenters. The Balaban J connectivity index is 1.57. The summed E-state index contributed by atoms with van der Waals surface area (Å²) in [6.45, 7) is 5.07. The van der Waals surface area contributed by atoms with Crippen LogP contribution in [0.2, 0.25) is 0 Å². The molecule has 0 radical (unpaired) electrons. The molecule has 0 saturated heterocycles. The maximum Gasteiger partial charge on any atom is 0.259 e. The second kappa shape index (κ2) is 10.1. The maximum atomic E-state index is 12.1. The molecule has 2 N–H and O–H groups in total. The van der Waals surface area contributed by atoms with E-state index in [1.165, 1.54) is 0 Å². The maximum absolute atomic E-state index is 12.1. The van der Waals surface area contributed by atoms with Crippen LogP contribution in [0.15, 0.2) is 65.8 Å². The highest BCUT2D eigenvalue weighted by atomic mass is 16.5. The van der Waals surface area contributed by atoms with Crippen molar-refractivity contribution in [3.05, 3.63) is 66.2 Å². The Morgan fingerprint density at radius 3 is 2.55 bits per heavy atom. The molecule has 29 heavy (non-hydrogen) atoms. The van der Waals surface area contributed by atoms with Gasteiger partial charge in [-0.2, -0.15) is 5.10 Å². The Kier molecular flexibility index (Phi) is 7.05. The number of benzene rings is 3. The number of rotatable bonds is 9. The summed E-state index contributed by atoms with van der Waals surface area (Å²) < 4.78 is 11.1. The van der Waals surface area contributed by atoms with Gasteiger partial charge in [0.05, 0.1) is 26.0 Å². The summed E-state index contributed by atoms with van der Waals surface area (Å²) in [5.41, 5.74) is 4.25. The minimum atomic E-state index is -0.231. The van der Waals surface area contributed by atoms with Crippen LogP contribution in [0, 0.1) is 0 Å². The van der Waals surface area contributed by atoms with Crippen molar-refractivity contribution in [1.82, 2.24) is 5.43 Å². The lowest BCUT2D eigenvalue weighted by atomic mass is 10.1. The molecule has 6 nitrogen and oxygen atoms in total. The lowest BCUT2D eigenvalue weighted by molar-refractivity contribution is -0.119. The van der Waals surface area contributed by atoms with E-state index in [9.17, 15) is 4.79 Å². The molecular formula is C23H25N3O3. The zero-order chi connectivity index (χ0) is 20.5. The van der Waals surface area contributed by atoms with Crippen LogP contribution in [0.1, 0.15) is 19.4 Å². The molecule has 0 saturated carbocycles. The fraction of sp³-hybridized carbons (Fsp3) is 0.217. The molecule has 0 aliphatic heterocycles. The lowest BCUT2D eigenvalue weighted by Gasteiger charge is -2.11. The summed E-state index contributed by atoms with van der Waals surface area (Å²) in [5.74, 6) is 1.11. The van der Waals surface area contributed by atoms with Gasteiger partial charge in [0, 0.05) is 11.1 Å². The SMILES string of the molecule is CCOc1ccc(C=NNC(=O)CNc2cccc3ccccc23)cc1OCC. The van der Waals surface area contributed by atoms with Crippen molar-refractivity contribution in [2.24, 2.45) is 5.10 Å². The Morgan fingerprint density at radius 1 is 0.966 bits per heavy atom. The zero-order valence-electron chi connectivity index (χ0n) is 16.6. The first-order valence-electron chi connectivity index (χ1n) is 9.64. The number of nitrogens with one attached hydrogen (secondary N) is 2. The molecule has 1 amide bonds. The first-order valence-corrected chi connectivity index (χ1v) is 9.64. The molecule has 3 rings (SSSR count). The van der Waals surface area contributed by atoms with Crippen molar-refractivity contribution >= 4 is 28.6 Å². The summed E-state index contributed by atoms with van der Waals surface area (Å²) in [4.78, 5) is 12.1. The van der Waals surface area contributed by atoms with Crippen molar-refractivity contribution in [3.8, 4) is 11.5 Å². The summed E-state index contributed by atoms with van der Waals surface area (Å²) in [6.07, 6.45) is 1.58. The smallest absolute Gasteiger partial charge is 0.259 e. The van der Waals surface area contributed by atoms with E-state index in [-0.39, 0.29) is 12.5 Å². The van der Waals surface area contributed by atoms with Gasteiger partial charge in [-0.05, 0) is 49.1 Å². The number of amides is 1. The van der Waals surface area contributed by atoms with Crippen molar-refractivity contribution in [1.29, 1.82) is 0 Å². The van der Waals surface area contributed by atoms with E-state index >= 15 is 0 Å². The number of hydrogen-bond donors (Lipinski definition) is 2. The van der Waals surface area contributed by atoms with Gasteiger partial charge in [-0.3, -0.25) is 4.79 Å². The average Bonchev–Trinajstić information content (AvgIpc) is 2.74. The number of fused-ring (bicyclic) bond motifs is 1. The van der Waals surface area contributed by atoms with Gasteiger partial charge >= 0.3 is 0 Å². The van der Waals surface area contributed by atoms with Crippen LogP contribution in [0.25, 0.3) is 10.8 Å². The average molecular weight is 391 g/mol. The molecule has 0 bridgehead atoms. The predicted octanol–water partition coefficient (Wildman–Crippen LogP) is 4.20. The molecule has 3 aromatic rings. The molecule has 6 heteroatoms. The van der Waals surface area contributed by atoms with E-state index < -0.39 is 0 Å². The second-order valence-corrected chi connectivity index (χ2v) is 6.25. The highest BCUT2D eigenvalue weighted by Gasteiger charge is 2.06. The molecule has 0 aromatic heterocycles. The largest absolute Gasteiger partial charge is 0.490 e. The monoisotopic (exact) mass is 391 g/mol. The number of carbonyl (C=O) groups excluding carboxylic acids is 1. The van der Waals surface area contributed by atoms with Gasteiger partial charge in [0.1, 0.15) is 0 Å². The molecule has 0 spiro atoms. The Hall–Kier alpha value is -3.54. The number of carbonyl (C=O) groups is 1. The van der Waals surface area contributed by atoms with E-state index in [2.05, 4.69) is 15.8 Å². The number of anilines is 1. The summed E-state index contributed by atoms with van der Waals surface area (Å²) in [6, 6.07) is 19.5. The van der Waals surface area contributed by atoms with Crippen LogP contribution in [0.4, 0.5) is 5.69 Å². The van der Waals surface area contributed by atoms with Crippen molar-refractivity contribution in [2.75, 3.05) is 25.1 Å². The Bertz CT molecular complexity index is 996. The number of ether oxygens (including phenoxy) is 2. The van der Waals surface area contributed by atoms with E-state index in [0.717, 1.165) is 22.0 Å². The third-order valence-electron chi connectivity index (χ3n) is 4.20. The number of hydrazone groups is 1. The Labute approximate surface area is 170 Å². The lowest BCUT2D eigenvalue weighted by Crippen LogP contribution is -2.25. The molecular weight excluding hydrogens is 366 g/mol. The van der Waals surface area contributed by atoms with Crippen LogP contribution >= 0.6 is 0 Å². The topological polar surface area (TPSA) is 72.0 Å². The summed E-state index contributed by atoms with van der Waals surface area (Å²) in [7, 11) is 0. The fourth-order valence-electron chi connectivity index (χ4n) is 2.92. The first-order chi connectivity index (χ1) is 14.2. The van der Waals surface area contributed by atoms with Gasteiger partial charge < -0.3 is 14.8 Å². The molecule has 0 aliphatic rings. The molecule has 0 aliphatic carbocycles. The van der Waals surface area contributed by atoms with E-state index in [1.807, 2.05) is 74.5 Å². The normalized spacial score (nSPS) is 10.8. The van der Waals surface area contributed by atoms with Crippen LogP contribution < -0.4 is 20.2 Å². The van der Waals surface area contributed by atoms with Crippen molar-refractivity contribution in [3.63, 3.8) is 0 Å². The highest BCUT2D eigenvalue weighted by Crippen LogP contribution is 2.28. The van der Waals surface area contributed by atoms with E-state index in [1.54, 1.807) is 6.21 Å². The molecule has 0 fully saturated rings. The molecule has 3 aromatic carbocycles. The quantitative estimate of drug-likeness (QED) is 0.424. The zero-order valence-corrected chi connectivity index (χ0v) is 16.6. The van der Waals surface area contributed by atoms with E-state index in [0.29, 0.717) is 24.7 Å². The first kappa shape index (κ1) is 20.2. The van der Waals surface area contributed by atoms with Crippen molar-refractivity contribution < 1.29 is 14.3 Å². The fourth-order valence-corrected chi connectivity index (χ4v) is 2.92. The molecule has 0 unspecified atom stereocenters. The predicted molar refractivity (Wildman–Crippen MR) is 117 cm³/mol.